The Balaban J connectivity index is 2.40. The van der Waals surface area contributed by atoms with Crippen LogP contribution in [0.25, 0.3) is 0 Å². The van der Waals surface area contributed by atoms with Crippen LogP contribution in [-0.2, 0) is 0 Å². The summed E-state index contributed by atoms with van der Waals surface area (Å²) in [4.78, 5) is 14.5. The molecule has 2 rings (SSSR count). The van der Waals surface area contributed by atoms with Crippen molar-refractivity contribution in [3.8, 4) is 0 Å². The molecule has 0 amide bonds. The van der Waals surface area contributed by atoms with Crippen LogP contribution < -0.4 is 16.6 Å². The van der Waals surface area contributed by atoms with Gasteiger partial charge in [-0.25, -0.2) is 10.8 Å². The number of hydrazine groups is 1. The van der Waals surface area contributed by atoms with Gasteiger partial charge in [0.1, 0.15) is 5.82 Å². The number of rotatable bonds is 4. The second kappa shape index (κ2) is 5.72. The average molecular weight is 294 g/mol. The number of hydrogen-bond acceptors (Lipinski definition) is 6. The highest BCUT2D eigenvalue weighted by Gasteiger charge is 2.16. The summed E-state index contributed by atoms with van der Waals surface area (Å²) in [5.41, 5.74) is 3.70. The molecule has 1 aromatic heterocycles. The Kier molecular flexibility index (Phi) is 4.02. The molecule has 0 unspecified atom stereocenters. The standard InChI is InChI=1S/C12H12ClN5O2/c1-7-2-3-8(6-9(7)13)15-12-10(18(19)20)4-5-11(16-12)17-14/h2-6H,14H2,1H3,(H2,15,16,17). The Morgan fingerprint density at radius 1 is 1.35 bits per heavy atom. The van der Waals surface area contributed by atoms with Crippen LogP contribution in [0.1, 0.15) is 5.56 Å². The molecule has 4 N–H and O–H groups in total. The number of aryl methyl sites for hydroxylation is 1. The number of nitro groups is 1. The molecule has 0 bridgehead atoms. The van der Waals surface area contributed by atoms with Gasteiger partial charge < -0.3 is 10.7 Å². The zero-order valence-corrected chi connectivity index (χ0v) is 11.3. The molecule has 20 heavy (non-hydrogen) atoms. The molecule has 0 saturated heterocycles. The molecule has 8 heteroatoms. The monoisotopic (exact) mass is 293 g/mol. The third-order valence-electron chi connectivity index (χ3n) is 2.65. The van der Waals surface area contributed by atoms with Gasteiger partial charge in [0.25, 0.3) is 0 Å². The summed E-state index contributed by atoms with van der Waals surface area (Å²) >= 11 is 6.01. The number of nitrogens with one attached hydrogen (secondary N) is 2. The first kappa shape index (κ1) is 14.0. The molecule has 0 atom stereocenters. The third kappa shape index (κ3) is 2.95. The normalized spacial score (nSPS) is 10.2. The van der Waals surface area contributed by atoms with Gasteiger partial charge >= 0.3 is 5.69 Å². The van der Waals surface area contributed by atoms with Crippen LogP contribution >= 0.6 is 11.6 Å². The van der Waals surface area contributed by atoms with E-state index >= 15 is 0 Å². The summed E-state index contributed by atoms with van der Waals surface area (Å²) in [5.74, 6) is 5.66. The van der Waals surface area contributed by atoms with Crippen LogP contribution in [0.5, 0.6) is 0 Å². The van der Waals surface area contributed by atoms with Crippen molar-refractivity contribution in [2.75, 3.05) is 10.7 Å². The van der Waals surface area contributed by atoms with E-state index in [0.29, 0.717) is 16.5 Å². The van der Waals surface area contributed by atoms with Gasteiger partial charge in [0, 0.05) is 16.8 Å². The molecule has 0 aliphatic heterocycles. The van der Waals surface area contributed by atoms with E-state index in [1.165, 1.54) is 12.1 Å². The fourth-order valence-corrected chi connectivity index (χ4v) is 1.76. The van der Waals surface area contributed by atoms with Crippen molar-refractivity contribution in [3.63, 3.8) is 0 Å². The van der Waals surface area contributed by atoms with Gasteiger partial charge in [0.2, 0.25) is 5.82 Å². The summed E-state index contributed by atoms with van der Waals surface area (Å²) < 4.78 is 0. The minimum Gasteiger partial charge on any atom is -0.334 e. The molecule has 0 radical (unpaired) electrons. The Labute approximate surface area is 119 Å². The smallest absolute Gasteiger partial charge is 0.311 e. The maximum Gasteiger partial charge on any atom is 0.311 e. The maximum atomic E-state index is 11.0. The molecule has 0 fully saturated rings. The Bertz CT molecular complexity index is 662. The number of nitrogens with two attached hydrogens (primary N) is 1. The van der Waals surface area contributed by atoms with Crippen molar-refractivity contribution in [1.82, 2.24) is 4.98 Å². The van der Waals surface area contributed by atoms with Crippen LogP contribution in [0.4, 0.5) is 23.0 Å². The van der Waals surface area contributed by atoms with Crippen LogP contribution in [0, 0.1) is 17.0 Å². The van der Waals surface area contributed by atoms with E-state index in [1.807, 2.05) is 13.0 Å². The third-order valence-corrected chi connectivity index (χ3v) is 3.06. The lowest BCUT2D eigenvalue weighted by Crippen LogP contribution is -2.10. The Hall–Kier alpha value is -2.38. The maximum absolute atomic E-state index is 11.0. The van der Waals surface area contributed by atoms with E-state index in [4.69, 9.17) is 17.4 Å². The van der Waals surface area contributed by atoms with Gasteiger partial charge in [-0.3, -0.25) is 10.1 Å². The number of aromatic nitrogens is 1. The number of pyridine rings is 1. The zero-order chi connectivity index (χ0) is 14.7. The van der Waals surface area contributed by atoms with Gasteiger partial charge in [0.05, 0.1) is 4.92 Å². The molecule has 0 aliphatic rings. The predicted molar refractivity (Wildman–Crippen MR) is 78.2 cm³/mol. The van der Waals surface area contributed by atoms with Gasteiger partial charge in [-0.1, -0.05) is 17.7 Å². The first-order valence-corrected chi connectivity index (χ1v) is 6.04. The number of benzene rings is 1. The molecular formula is C12H12ClN5O2. The molecule has 1 aromatic carbocycles. The van der Waals surface area contributed by atoms with Gasteiger partial charge in [-0.15, -0.1) is 0 Å². The van der Waals surface area contributed by atoms with Gasteiger partial charge in [-0.05, 0) is 30.7 Å². The molecule has 0 spiro atoms. The number of halogens is 1. The van der Waals surface area contributed by atoms with E-state index in [9.17, 15) is 10.1 Å². The molecule has 0 aliphatic carbocycles. The van der Waals surface area contributed by atoms with E-state index < -0.39 is 4.92 Å². The molecule has 0 saturated carbocycles. The van der Waals surface area contributed by atoms with E-state index in [2.05, 4.69) is 15.7 Å². The minimum absolute atomic E-state index is 0.0883. The van der Waals surface area contributed by atoms with Crippen molar-refractivity contribution in [2.24, 2.45) is 5.84 Å². The second-order valence-corrected chi connectivity index (χ2v) is 4.46. The molecule has 2 aromatic rings. The van der Waals surface area contributed by atoms with Gasteiger partial charge in [-0.2, -0.15) is 0 Å². The van der Waals surface area contributed by atoms with Crippen LogP contribution in [0.3, 0.4) is 0 Å². The molecule has 104 valence electrons. The lowest BCUT2D eigenvalue weighted by atomic mass is 10.2. The van der Waals surface area contributed by atoms with Crippen molar-refractivity contribution in [1.29, 1.82) is 0 Å². The van der Waals surface area contributed by atoms with Crippen LogP contribution in [-0.4, -0.2) is 9.91 Å². The summed E-state index contributed by atoms with van der Waals surface area (Å²) in [7, 11) is 0. The minimum atomic E-state index is -0.522. The van der Waals surface area contributed by atoms with Crippen LogP contribution in [0.2, 0.25) is 5.02 Å². The van der Waals surface area contributed by atoms with E-state index in [-0.39, 0.29) is 11.5 Å². The lowest BCUT2D eigenvalue weighted by Gasteiger charge is -2.09. The Morgan fingerprint density at radius 3 is 2.70 bits per heavy atom. The first-order chi connectivity index (χ1) is 9.51. The van der Waals surface area contributed by atoms with E-state index in [0.717, 1.165) is 5.56 Å². The lowest BCUT2D eigenvalue weighted by molar-refractivity contribution is -0.384. The quantitative estimate of drug-likeness (QED) is 0.454. The number of nitrogens with zero attached hydrogens (tertiary/aromatic N) is 2. The van der Waals surface area contributed by atoms with Gasteiger partial charge in [0.15, 0.2) is 0 Å². The Morgan fingerprint density at radius 2 is 2.10 bits per heavy atom. The summed E-state index contributed by atoms with van der Waals surface area (Å²) in [6, 6.07) is 7.98. The first-order valence-electron chi connectivity index (χ1n) is 5.66. The molecule has 1 heterocycles. The average Bonchev–Trinajstić information content (AvgIpc) is 2.42. The SMILES string of the molecule is Cc1ccc(Nc2nc(NN)ccc2[N+](=O)[O-])cc1Cl. The molecule has 7 nitrogen and oxygen atoms in total. The topological polar surface area (TPSA) is 106 Å². The number of anilines is 3. The van der Waals surface area contributed by atoms with Crippen LogP contribution in [0.15, 0.2) is 30.3 Å². The number of hydrogen-bond donors (Lipinski definition) is 3. The fraction of sp³-hybridized carbons (Fsp3) is 0.0833. The second-order valence-electron chi connectivity index (χ2n) is 4.05. The highest BCUT2D eigenvalue weighted by atomic mass is 35.5. The summed E-state index contributed by atoms with van der Waals surface area (Å²) in [6.07, 6.45) is 0. The number of nitrogen functional groups attached to an aromatic ring is 1. The summed E-state index contributed by atoms with van der Waals surface area (Å²) in [6.45, 7) is 1.87. The highest BCUT2D eigenvalue weighted by molar-refractivity contribution is 6.31. The summed E-state index contributed by atoms with van der Waals surface area (Å²) in [5, 5.41) is 14.4. The van der Waals surface area contributed by atoms with Crippen molar-refractivity contribution < 1.29 is 4.92 Å². The largest absolute Gasteiger partial charge is 0.334 e. The predicted octanol–water partition coefficient (Wildman–Crippen LogP) is 2.98. The molecular weight excluding hydrogens is 282 g/mol. The zero-order valence-electron chi connectivity index (χ0n) is 10.6. The van der Waals surface area contributed by atoms with E-state index in [1.54, 1.807) is 12.1 Å². The van der Waals surface area contributed by atoms with Crippen molar-refractivity contribution in [2.45, 2.75) is 6.92 Å². The van der Waals surface area contributed by atoms with Crippen molar-refractivity contribution in [3.05, 3.63) is 51.0 Å². The van der Waals surface area contributed by atoms with Crippen molar-refractivity contribution >= 4 is 34.6 Å². The highest BCUT2D eigenvalue weighted by Crippen LogP contribution is 2.28. The fourth-order valence-electron chi connectivity index (χ4n) is 1.58.